The van der Waals surface area contributed by atoms with Crippen molar-refractivity contribution in [2.45, 2.75) is 38.8 Å². The number of hydrogen-bond acceptors (Lipinski definition) is 4. The molecule has 1 atom stereocenters. The molecule has 0 bridgehead atoms. The first-order valence-corrected chi connectivity index (χ1v) is 6.79. The topological polar surface area (TPSA) is 68.5 Å². The molecule has 2 rings (SSSR count). The second kappa shape index (κ2) is 5.99. The van der Waals surface area contributed by atoms with Crippen molar-refractivity contribution in [3.63, 3.8) is 0 Å². The summed E-state index contributed by atoms with van der Waals surface area (Å²) in [5, 5.41) is 3.50. The first kappa shape index (κ1) is 15.1. The Morgan fingerprint density at radius 2 is 2.10 bits per heavy atom. The van der Waals surface area contributed by atoms with Crippen molar-refractivity contribution in [3.8, 4) is 0 Å². The zero-order valence-corrected chi connectivity index (χ0v) is 12.4. The minimum absolute atomic E-state index is 0.361. The van der Waals surface area contributed by atoms with Gasteiger partial charge in [-0.15, -0.1) is 0 Å². The number of aldehydes is 1. The Balaban J connectivity index is 2.06. The number of ether oxygens (including phenoxy) is 1. The number of alkyl carbamates (subject to hydrolysis) is 1. The summed E-state index contributed by atoms with van der Waals surface area (Å²) in [4.78, 5) is 22.9. The third-order valence-electron chi connectivity index (χ3n) is 2.87. The number of furan rings is 1. The fourth-order valence-corrected chi connectivity index (χ4v) is 2.02. The Bertz CT molecular complexity index is 639. The highest BCUT2D eigenvalue weighted by molar-refractivity contribution is 5.82. The molecule has 112 valence electrons. The Labute approximate surface area is 123 Å². The van der Waals surface area contributed by atoms with Gasteiger partial charge < -0.3 is 19.3 Å². The van der Waals surface area contributed by atoms with Crippen molar-refractivity contribution >= 4 is 23.3 Å². The van der Waals surface area contributed by atoms with Crippen LogP contribution in [0.15, 0.2) is 34.9 Å². The van der Waals surface area contributed by atoms with Crippen LogP contribution in [-0.2, 0) is 16.0 Å². The molecule has 0 radical (unpaired) electrons. The quantitative estimate of drug-likeness (QED) is 0.878. The highest BCUT2D eigenvalue weighted by atomic mass is 16.6. The molecule has 0 spiro atoms. The van der Waals surface area contributed by atoms with E-state index in [2.05, 4.69) is 5.32 Å². The van der Waals surface area contributed by atoms with E-state index >= 15 is 0 Å². The van der Waals surface area contributed by atoms with Crippen molar-refractivity contribution in [3.05, 3.63) is 36.1 Å². The van der Waals surface area contributed by atoms with Crippen LogP contribution >= 0.6 is 0 Å². The minimum Gasteiger partial charge on any atom is -0.464 e. The van der Waals surface area contributed by atoms with Crippen molar-refractivity contribution in [2.24, 2.45) is 0 Å². The van der Waals surface area contributed by atoms with Crippen molar-refractivity contribution < 1.29 is 18.7 Å². The summed E-state index contributed by atoms with van der Waals surface area (Å²) in [6.45, 7) is 5.31. The highest BCUT2D eigenvalue weighted by Crippen LogP contribution is 2.21. The van der Waals surface area contributed by atoms with Gasteiger partial charge in [-0.1, -0.05) is 18.2 Å². The van der Waals surface area contributed by atoms with Crippen LogP contribution in [0.5, 0.6) is 0 Å². The van der Waals surface area contributed by atoms with Gasteiger partial charge in [0.25, 0.3) is 0 Å². The number of carbonyl (C=O) groups is 2. The second-order valence-corrected chi connectivity index (χ2v) is 5.85. The number of para-hydroxylation sites is 1. The molecule has 1 aromatic heterocycles. The zero-order valence-electron chi connectivity index (χ0n) is 12.4. The first-order chi connectivity index (χ1) is 9.89. The lowest BCUT2D eigenvalue weighted by molar-refractivity contribution is -0.109. The van der Waals surface area contributed by atoms with E-state index in [1.54, 1.807) is 27.0 Å². The lowest BCUT2D eigenvalue weighted by Crippen LogP contribution is -2.41. The molecule has 0 fully saturated rings. The lowest BCUT2D eigenvalue weighted by Gasteiger charge is -2.21. The molecule has 2 aromatic rings. The van der Waals surface area contributed by atoms with Crippen LogP contribution < -0.4 is 5.32 Å². The monoisotopic (exact) mass is 289 g/mol. The van der Waals surface area contributed by atoms with Crippen LogP contribution in [0.3, 0.4) is 0 Å². The van der Waals surface area contributed by atoms with Gasteiger partial charge in [0, 0.05) is 17.4 Å². The van der Waals surface area contributed by atoms with Crippen molar-refractivity contribution in [1.29, 1.82) is 0 Å². The molecule has 0 saturated carbocycles. The van der Waals surface area contributed by atoms with Gasteiger partial charge in [-0.3, -0.25) is 0 Å². The fourth-order valence-electron chi connectivity index (χ4n) is 2.02. The molecule has 1 N–H and O–H groups in total. The van der Waals surface area contributed by atoms with Gasteiger partial charge in [0.2, 0.25) is 0 Å². The van der Waals surface area contributed by atoms with E-state index < -0.39 is 17.7 Å². The summed E-state index contributed by atoms with van der Waals surface area (Å²) in [7, 11) is 0. The molecule has 0 aliphatic carbocycles. The summed E-state index contributed by atoms with van der Waals surface area (Å²) in [5.74, 6) is 0. The maximum absolute atomic E-state index is 11.7. The molecular formula is C16H19NO4. The van der Waals surface area contributed by atoms with Crippen LogP contribution in [-0.4, -0.2) is 24.0 Å². The minimum atomic E-state index is -0.652. The van der Waals surface area contributed by atoms with Gasteiger partial charge in [-0.05, 0) is 26.8 Å². The van der Waals surface area contributed by atoms with Gasteiger partial charge in [0.15, 0.2) is 0 Å². The first-order valence-electron chi connectivity index (χ1n) is 6.79. The Hall–Kier alpha value is -2.30. The fraction of sp³-hybridized carbons (Fsp3) is 0.375. The van der Waals surface area contributed by atoms with E-state index in [1.165, 1.54) is 0 Å². The molecule has 0 saturated heterocycles. The van der Waals surface area contributed by atoms with Crippen molar-refractivity contribution in [2.75, 3.05) is 0 Å². The van der Waals surface area contributed by atoms with Crippen LogP contribution in [0, 0.1) is 0 Å². The van der Waals surface area contributed by atoms with Gasteiger partial charge in [-0.2, -0.15) is 0 Å². The van der Waals surface area contributed by atoms with E-state index in [1.807, 2.05) is 24.3 Å². The molecule has 1 aromatic carbocycles. The Kier molecular flexibility index (Phi) is 4.31. The number of carbonyl (C=O) groups excluding carboxylic acids is 2. The van der Waals surface area contributed by atoms with Gasteiger partial charge in [0.1, 0.15) is 17.5 Å². The average Bonchev–Trinajstić information content (AvgIpc) is 2.79. The maximum atomic E-state index is 11.7. The molecule has 5 nitrogen and oxygen atoms in total. The van der Waals surface area contributed by atoms with Gasteiger partial charge in [-0.25, -0.2) is 4.79 Å². The SMILES string of the molecule is CC(C)(C)OC(=O)N[C@H](C=O)Cc1coc2ccccc12. The van der Waals surface area contributed by atoms with E-state index in [9.17, 15) is 9.59 Å². The van der Waals surface area contributed by atoms with Gasteiger partial charge in [0.05, 0.1) is 12.3 Å². The predicted octanol–water partition coefficient (Wildman–Crippen LogP) is 3.07. The lowest BCUT2D eigenvalue weighted by atomic mass is 10.1. The van der Waals surface area contributed by atoms with Crippen LogP contribution in [0.25, 0.3) is 11.0 Å². The summed E-state index contributed by atoms with van der Waals surface area (Å²) in [6, 6.07) is 6.91. The molecule has 1 amide bonds. The number of benzene rings is 1. The summed E-state index contributed by atoms with van der Waals surface area (Å²) >= 11 is 0. The van der Waals surface area contributed by atoms with Crippen LogP contribution in [0.2, 0.25) is 0 Å². The highest BCUT2D eigenvalue weighted by Gasteiger charge is 2.20. The number of nitrogens with one attached hydrogen (secondary N) is 1. The summed E-state index contributed by atoms with van der Waals surface area (Å²) in [5.41, 5.74) is 1.04. The number of amides is 1. The summed E-state index contributed by atoms with van der Waals surface area (Å²) < 4.78 is 10.6. The normalized spacial score (nSPS) is 12.9. The molecule has 5 heteroatoms. The van der Waals surface area contributed by atoms with E-state index in [0.717, 1.165) is 16.5 Å². The number of rotatable bonds is 4. The van der Waals surface area contributed by atoms with E-state index in [-0.39, 0.29) is 0 Å². The van der Waals surface area contributed by atoms with E-state index in [0.29, 0.717) is 12.7 Å². The third-order valence-corrected chi connectivity index (χ3v) is 2.87. The zero-order chi connectivity index (χ0) is 15.5. The summed E-state index contributed by atoms with van der Waals surface area (Å²) in [6.07, 6.45) is 2.07. The largest absolute Gasteiger partial charge is 0.464 e. The van der Waals surface area contributed by atoms with E-state index in [4.69, 9.17) is 9.15 Å². The molecule has 21 heavy (non-hydrogen) atoms. The predicted molar refractivity (Wildman–Crippen MR) is 79.1 cm³/mol. The smallest absolute Gasteiger partial charge is 0.408 e. The molecule has 1 heterocycles. The van der Waals surface area contributed by atoms with Gasteiger partial charge >= 0.3 is 6.09 Å². The third kappa shape index (κ3) is 4.08. The second-order valence-electron chi connectivity index (χ2n) is 5.85. The molecule has 0 unspecified atom stereocenters. The van der Waals surface area contributed by atoms with Crippen LogP contribution in [0.1, 0.15) is 26.3 Å². The Morgan fingerprint density at radius 1 is 1.38 bits per heavy atom. The maximum Gasteiger partial charge on any atom is 0.408 e. The number of fused-ring (bicyclic) bond motifs is 1. The standard InChI is InChI=1S/C16H19NO4/c1-16(2,3)21-15(19)17-12(9-18)8-11-10-20-14-7-5-4-6-13(11)14/h4-7,9-10,12H,8H2,1-3H3,(H,17,19)/t12-/m0/s1. The Morgan fingerprint density at radius 3 is 2.76 bits per heavy atom. The molecule has 0 aliphatic heterocycles. The van der Waals surface area contributed by atoms with Crippen molar-refractivity contribution in [1.82, 2.24) is 5.32 Å². The number of hydrogen-bond donors (Lipinski definition) is 1. The molecule has 0 aliphatic rings. The molecular weight excluding hydrogens is 270 g/mol. The average molecular weight is 289 g/mol. The van der Waals surface area contributed by atoms with Crippen LogP contribution in [0.4, 0.5) is 4.79 Å².